The summed E-state index contributed by atoms with van der Waals surface area (Å²) in [4.78, 5) is 17.5. The van der Waals surface area contributed by atoms with Crippen LogP contribution in [0.3, 0.4) is 0 Å². The van der Waals surface area contributed by atoms with Gasteiger partial charge in [-0.1, -0.05) is 6.07 Å². The van der Waals surface area contributed by atoms with E-state index >= 15 is 0 Å². The van der Waals surface area contributed by atoms with Gasteiger partial charge >= 0.3 is 0 Å². The Hall–Kier alpha value is -2.87. The van der Waals surface area contributed by atoms with E-state index < -0.39 is 6.10 Å². The Balaban J connectivity index is 1.38. The van der Waals surface area contributed by atoms with E-state index in [4.69, 9.17) is 9.47 Å². The van der Waals surface area contributed by atoms with E-state index in [1.54, 1.807) is 6.07 Å². The SMILES string of the molecule is Cc1ccc(N2CC[C@H](O)[C@@]3(CCCN(C(=O)c4cccc5c4OCCO5)C3)C2)nn1. The van der Waals surface area contributed by atoms with E-state index in [-0.39, 0.29) is 11.3 Å². The summed E-state index contributed by atoms with van der Waals surface area (Å²) in [6, 6.07) is 9.38. The number of benzene rings is 1. The van der Waals surface area contributed by atoms with Crippen molar-refractivity contribution >= 4 is 11.7 Å². The molecule has 31 heavy (non-hydrogen) atoms. The van der Waals surface area contributed by atoms with Gasteiger partial charge < -0.3 is 24.4 Å². The van der Waals surface area contributed by atoms with Crippen molar-refractivity contribution < 1.29 is 19.4 Å². The zero-order valence-electron chi connectivity index (χ0n) is 17.8. The number of rotatable bonds is 2. The Labute approximate surface area is 181 Å². The molecular weight excluding hydrogens is 396 g/mol. The summed E-state index contributed by atoms with van der Waals surface area (Å²) < 4.78 is 11.4. The molecule has 2 fully saturated rings. The van der Waals surface area contributed by atoms with Gasteiger partial charge in [0.15, 0.2) is 17.3 Å². The second-order valence-corrected chi connectivity index (χ2v) is 8.78. The number of aromatic nitrogens is 2. The molecule has 0 saturated carbocycles. The molecule has 1 spiro atoms. The summed E-state index contributed by atoms with van der Waals surface area (Å²) in [5.74, 6) is 1.90. The minimum atomic E-state index is -0.456. The molecule has 2 atom stereocenters. The number of carbonyl (C=O) groups excluding carboxylic acids is 1. The summed E-state index contributed by atoms with van der Waals surface area (Å²) in [5, 5.41) is 19.5. The highest BCUT2D eigenvalue weighted by molar-refractivity contribution is 5.98. The number of hydrogen-bond acceptors (Lipinski definition) is 7. The van der Waals surface area contributed by atoms with Gasteiger partial charge in [-0.15, -0.1) is 5.10 Å². The molecule has 8 heteroatoms. The van der Waals surface area contributed by atoms with Gasteiger partial charge in [0.25, 0.3) is 5.91 Å². The first-order valence-electron chi connectivity index (χ1n) is 11.0. The number of hydrogen-bond donors (Lipinski definition) is 1. The highest BCUT2D eigenvalue weighted by Crippen LogP contribution is 2.41. The van der Waals surface area contributed by atoms with Gasteiger partial charge in [0.2, 0.25) is 0 Å². The minimum Gasteiger partial charge on any atom is -0.486 e. The van der Waals surface area contributed by atoms with Crippen LogP contribution in [0, 0.1) is 12.3 Å². The normalized spacial score (nSPS) is 25.5. The van der Waals surface area contributed by atoms with E-state index in [1.807, 2.05) is 36.1 Å². The van der Waals surface area contributed by atoms with E-state index in [9.17, 15) is 9.90 Å². The van der Waals surface area contributed by atoms with Gasteiger partial charge in [0.1, 0.15) is 13.2 Å². The average molecular weight is 425 g/mol. The number of piperidine rings is 2. The first-order chi connectivity index (χ1) is 15.1. The Bertz CT molecular complexity index is 967. The molecule has 0 aliphatic carbocycles. The van der Waals surface area contributed by atoms with Crippen molar-refractivity contribution in [2.45, 2.75) is 32.3 Å². The third-order valence-corrected chi connectivity index (χ3v) is 6.69. The van der Waals surface area contributed by atoms with Crippen molar-refractivity contribution in [2.75, 3.05) is 44.3 Å². The number of likely N-dealkylation sites (tertiary alicyclic amines) is 1. The van der Waals surface area contributed by atoms with Crippen molar-refractivity contribution in [3.05, 3.63) is 41.6 Å². The first-order valence-corrected chi connectivity index (χ1v) is 11.0. The Morgan fingerprint density at radius 2 is 2.00 bits per heavy atom. The quantitative estimate of drug-likeness (QED) is 0.789. The first kappa shape index (κ1) is 20.1. The molecule has 8 nitrogen and oxygen atoms in total. The van der Waals surface area contributed by atoms with E-state index in [1.165, 1.54) is 0 Å². The molecular formula is C23H28N4O4. The maximum absolute atomic E-state index is 13.5. The van der Waals surface area contributed by atoms with Gasteiger partial charge in [-0.2, -0.15) is 5.10 Å². The molecule has 3 aliphatic heterocycles. The number of nitrogens with zero attached hydrogens (tertiary/aromatic N) is 4. The molecule has 1 aromatic heterocycles. The second kappa shape index (κ2) is 8.00. The standard InChI is InChI=1S/C23H28N4O4/c1-16-6-7-20(25-24-16)26-11-8-19(28)23(14-26)9-3-10-27(15-23)22(29)17-4-2-5-18-21(17)31-13-12-30-18/h2,4-7,19,28H,3,8-15H2,1H3/t19-,23-/m0/s1. The predicted molar refractivity (Wildman–Crippen MR) is 115 cm³/mol. The second-order valence-electron chi connectivity index (χ2n) is 8.78. The van der Waals surface area contributed by atoms with Crippen LogP contribution in [0.5, 0.6) is 11.5 Å². The molecule has 1 N–H and O–H groups in total. The molecule has 5 rings (SSSR count). The molecule has 164 valence electrons. The fraction of sp³-hybridized carbons (Fsp3) is 0.522. The molecule has 1 amide bonds. The zero-order chi connectivity index (χ0) is 21.4. The van der Waals surface area contributed by atoms with Crippen molar-refractivity contribution in [3.8, 4) is 11.5 Å². The van der Waals surface area contributed by atoms with Gasteiger partial charge in [-0.05, 0) is 50.5 Å². The van der Waals surface area contributed by atoms with E-state index in [2.05, 4.69) is 15.1 Å². The highest BCUT2D eigenvalue weighted by Gasteiger charge is 2.47. The number of anilines is 1. The van der Waals surface area contributed by atoms with Crippen LogP contribution in [0.4, 0.5) is 5.82 Å². The van der Waals surface area contributed by atoms with Gasteiger partial charge in [0, 0.05) is 31.6 Å². The molecule has 1 aromatic carbocycles. The van der Waals surface area contributed by atoms with Crippen molar-refractivity contribution in [1.82, 2.24) is 15.1 Å². The van der Waals surface area contributed by atoms with Gasteiger partial charge in [0.05, 0.1) is 17.4 Å². The lowest BCUT2D eigenvalue weighted by Crippen LogP contribution is -2.60. The fourth-order valence-electron chi connectivity index (χ4n) is 5.05. The van der Waals surface area contributed by atoms with Crippen LogP contribution in [-0.2, 0) is 0 Å². The van der Waals surface area contributed by atoms with Crippen molar-refractivity contribution in [1.29, 1.82) is 0 Å². The number of amides is 1. The van der Waals surface area contributed by atoms with Gasteiger partial charge in [-0.3, -0.25) is 4.79 Å². The lowest BCUT2D eigenvalue weighted by molar-refractivity contribution is -0.0363. The number of aliphatic hydroxyl groups excluding tert-OH is 1. The summed E-state index contributed by atoms with van der Waals surface area (Å²) >= 11 is 0. The summed E-state index contributed by atoms with van der Waals surface area (Å²) in [7, 11) is 0. The third kappa shape index (κ3) is 3.69. The lowest BCUT2D eigenvalue weighted by atomic mass is 9.71. The predicted octanol–water partition coefficient (Wildman–Crippen LogP) is 2.05. The Morgan fingerprint density at radius 3 is 2.84 bits per heavy atom. The van der Waals surface area contributed by atoms with Crippen LogP contribution >= 0.6 is 0 Å². The largest absolute Gasteiger partial charge is 0.486 e. The summed E-state index contributed by atoms with van der Waals surface area (Å²) in [6.07, 6.45) is 1.92. The number of aryl methyl sites for hydroxylation is 1. The van der Waals surface area contributed by atoms with Crippen LogP contribution < -0.4 is 14.4 Å². The molecule has 0 radical (unpaired) electrons. The topological polar surface area (TPSA) is 88.0 Å². The van der Waals surface area contributed by atoms with Crippen LogP contribution in [0.15, 0.2) is 30.3 Å². The fourth-order valence-corrected chi connectivity index (χ4v) is 5.05. The van der Waals surface area contributed by atoms with E-state index in [0.717, 1.165) is 30.9 Å². The van der Waals surface area contributed by atoms with Crippen LogP contribution in [-0.4, -0.2) is 71.6 Å². The summed E-state index contributed by atoms with van der Waals surface area (Å²) in [5.41, 5.74) is 1.02. The number of para-hydroxylation sites is 1. The van der Waals surface area contributed by atoms with E-state index in [0.29, 0.717) is 56.3 Å². The number of aliphatic hydroxyl groups is 1. The molecule has 0 bridgehead atoms. The number of carbonyl (C=O) groups is 1. The molecule has 4 heterocycles. The van der Waals surface area contributed by atoms with Crippen molar-refractivity contribution in [2.24, 2.45) is 5.41 Å². The zero-order valence-corrected chi connectivity index (χ0v) is 17.8. The molecule has 0 unspecified atom stereocenters. The van der Waals surface area contributed by atoms with Crippen LogP contribution in [0.25, 0.3) is 0 Å². The number of fused-ring (bicyclic) bond motifs is 1. The monoisotopic (exact) mass is 424 g/mol. The van der Waals surface area contributed by atoms with Gasteiger partial charge in [-0.25, -0.2) is 0 Å². The number of ether oxygens (including phenoxy) is 2. The van der Waals surface area contributed by atoms with Crippen LogP contribution in [0.2, 0.25) is 0 Å². The molecule has 3 aliphatic rings. The Morgan fingerprint density at radius 1 is 1.13 bits per heavy atom. The maximum Gasteiger partial charge on any atom is 0.257 e. The van der Waals surface area contributed by atoms with Crippen molar-refractivity contribution in [3.63, 3.8) is 0 Å². The summed E-state index contributed by atoms with van der Waals surface area (Å²) in [6.45, 7) is 5.40. The minimum absolute atomic E-state index is 0.0686. The van der Waals surface area contributed by atoms with Crippen LogP contribution in [0.1, 0.15) is 35.3 Å². The lowest BCUT2D eigenvalue weighted by Gasteiger charge is -2.51. The highest BCUT2D eigenvalue weighted by atomic mass is 16.6. The smallest absolute Gasteiger partial charge is 0.257 e. The Kier molecular flexibility index (Phi) is 5.17. The maximum atomic E-state index is 13.5. The molecule has 2 aromatic rings. The molecule has 2 saturated heterocycles. The third-order valence-electron chi connectivity index (χ3n) is 6.69. The average Bonchev–Trinajstić information content (AvgIpc) is 2.81.